The molecule has 0 amide bonds. The van der Waals surface area contributed by atoms with Gasteiger partial charge in [-0.05, 0) is 13.3 Å². The topological polar surface area (TPSA) is 75.4 Å². The molecule has 90 valence electrons. The largest absolute Gasteiger partial charge is 0.476 e. The minimum Gasteiger partial charge on any atom is -0.476 e. The zero-order chi connectivity index (χ0) is 12.0. The van der Waals surface area contributed by atoms with E-state index in [9.17, 15) is 4.79 Å². The second-order valence-corrected chi connectivity index (χ2v) is 3.91. The molecule has 0 radical (unpaired) electrons. The molecule has 0 spiro atoms. The van der Waals surface area contributed by atoms with Gasteiger partial charge in [0.1, 0.15) is 0 Å². The minimum absolute atomic E-state index is 0.0435. The molecule has 1 atom stereocenters. The Morgan fingerprint density at radius 1 is 1.69 bits per heavy atom. The van der Waals surface area contributed by atoms with Gasteiger partial charge in [-0.1, -0.05) is 24.9 Å². The molecule has 1 aromatic rings. The molecule has 0 aliphatic heterocycles. The number of carboxylic acids is 1. The van der Waals surface area contributed by atoms with E-state index in [4.69, 9.17) is 9.63 Å². The fourth-order valence-corrected chi connectivity index (χ4v) is 1.38. The maximum atomic E-state index is 10.6. The number of aromatic carboxylic acids is 1. The third-order valence-corrected chi connectivity index (χ3v) is 2.39. The van der Waals surface area contributed by atoms with Crippen LogP contribution in [0.1, 0.15) is 49.4 Å². The van der Waals surface area contributed by atoms with Crippen molar-refractivity contribution in [3.8, 4) is 0 Å². The molecule has 1 unspecified atom stereocenters. The first-order valence-electron chi connectivity index (χ1n) is 5.55. The Labute approximate surface area is 94.8 Å². The first kappa shape index (κ1) is 12.7. The van der Waals surface area contributed by atoms with Crippen LogP contribution in [0.4, 0.5) is 0 Å². The lowest BCUT2D eigenvalue weighted by molar-refractivity contribution is 0.0685. The van der Waals surface area contributed by atoms with Gasteiger partial charge in [-0.2, -0.15) is 0 Å². The Bertz CT molecular complexity index is 336. The summed E-state index contributed by atoms with van der Waals surface area (Å²) in [4.78, 5) is 10.6. The van der Waals surface area contributed by atoms with Crippen LogP contribution in [0.5, 0.6) is 0 Å². The summed E-state index contributed by atoms with van der Waals surface area (Å²) in [6.07, 6.45) is 3.47. The zero-order valence-electron chi connectivity index (χ0n) is 9.69. The van der Waals surface area contributed by atoms with E-state index in [0.29, 0.717) is 18.3 Å². The van der Waals surface area contributed by atoms with Crippen LogP contribution in [0.25, 0.3) is 0 Å². The average Bonchev–Trinajstić information content (AvgIpc) is 2.72. The van der Waals surface area contributed by atoms with Crippen LogP contribution in [-0.2, 0) is 6.54 Å². The molecule has 16 heavy (non-hydrogen) atoms. The van der Waals surface area contributed by atoms with E-state index in [1.54, 1.807) is 0 Å². The molecule has 2 N–H and O–H groups in total. The van der Waals surface area contributed by atoms with E-state index < -0.39 is 5.97 Å². The molecule has 0 aliphatic rings. The fourth-order valence-electron chi connectivity index (χ4n) is 1.38. The lowest BCUT2D eigenvalue weighted by Crippen LogP contribution is -2.25. The van der Waals surface area contributed by atoms with E-state index in [2.05, 4.69) is 24.3 Å². The van der Waals surface area contributed by atoms with Gasteiger partial charge in [-0.25, -0.2) is 4.79 Å². The van der Waals surface area contributed by atoms with Crippen molar-refractivity contribution in [2.24, 2.45) is 0 Å². The molecular weight excluding hydrogens is 208 g/mol. The van der Waals surface area contributed by atoms with Crippen LogP contribution >= 0.6 is 0 Å². The van der Waals surface area contributed by atoms with Crippen LogP contribution in [0.15, 0.2) is 10.6 Å². The van der Waals surface area contributed by atoms with Gasteiger partial charge in [0, 0.05) is 12.1 Å². The molecule has 0 saturated heterocycles. The number of rotatable bonds is 7. The Morgan fingerprint density at radius 2 is 2.44 bits per heavy atom. The average molecular weight is 226 g/mol. The highest BCUT2D eigenvalue weighted by molar-refractivity contribution is 5.85. The van der Waals surface area contributed by atoms with E-state index in [-0.39, 0.29) is 5.69 Å². The number of hydrogen-bond donors (Lipinski definition) is 2. The quantitative estimate of drug-likeness (QED) is 0.744. The second-order valence-electron chi connectivity index (χ2n) is 3.91. The van der Waals surface area contributed by atoms with Crippen molar-refractivity contribution in [1.82, 2.24) is 10.5 Å². The molecular formula is C11H18N2O3. The predicted octanol–water partition coefficient (Wildman–Crippen LogP) is 2.04. The zero-order valence-corrected chi connectivity index (χ0v) is 9.69. The number of nitrogens with one attached hydrogen (secondary N) is 1. The standard InChI is InChI=1S/C11H18N2O3/c1-3-4-5-8(2)12-7-9-6-10(11(14)15)13-16-9/h6,8,12H,3-5,7H2,1-2H3,(H,14,15). The second kappa shape index (κ2) is 6.27. The summed E-state index contributed by atoms with van der Waals surface area (Å²) in [6, 6.07) is 1.85. The molecule has 0 aliphatic carbocycles. The van der Waals surface area contributed by atoms with Crippen molar-refractivity contribution in [2.75, 3.05) is 0 Å². The summed E-state index contributed by atoms with van der Waals surface area (Å²) in [6.45, 7) is 4.78. The third-order valence-electron chi connectivity index (χ3n) is 2.39. The molecule has 1 heterocycles. The first-order valence-corrected chi connectivity index (χ1v) is 5.55. The fraction of sp³-hybridized carbons (Fsp3) is 0.636. The summed E-state index contributed by atoms with van der Waals surface area (Å²) in [5.41, 5.74) is -0.0435. The monoisotopic (exact) mass is 226 g/mol. The highest BCUT2D eigenvalue weighted by Gasteiger charge is 2.10. The van der Waals surface area contributed by atoms with Crippen molar-refractivity contribution < 1.29 is 14.4 Å². The number of nitrogens with zero attached hydrogens (tertiary/aromatic N) is 1. The number of aromatic nitrogens is 1. The summed E-state index contributed by atoms with van der Waals surface area (Å²) in [5, 5.41) is 15.3. The van der Waals surface area contributed by atoms with Crippen LogP contribution in [0.3, 0.4) is 0 Å². The molecule has 0 fully saturated rings. The van der Waals surface area contributed by atoms with E-state index in [1.807, 2.05) is 0 Å². The molecule has 1 rings (SSSR count). The van der Waals surface area contributed by atoms with E-state index in [0.717, 1.165) is 6.42 Å². The molecule has 0 saturated carbocycles. The van der Waals surface area contributed by atoms with Gasteiger partial charge in [-0.3, -0.25) is 0 Å². The van der Waals surface area contributed by atoms with Gasteiger partial charge >= 0.3 is 5.97 Å². The summed E-state index contributed by atoms with van der Waals surface area (Å²) < 4.78 is 4.89. The van der Waals surface area contributed by atoms with E-state index in [1.165, 1.54) is 18.9 Å². The molecule has 5 nitrogen and oxygen atoms in total. The normalized spacial score (nSPS) is 12.6. The third kappa shape index (κ3) is 4.02. The predicted molar refractivity (Wildman–Crippen MR) is 59.3 cm³/mol. The maximum absolute atomic E-state index is 10.6. The summed E-state index contributed by atoms with van der Waals surface area (Å²) in [5.74, 6) is -0.505. The Balaban J connectivity index is 2.33. The molecule has 5 heteroatoms. The van der Waals surface area contributed by atoms with E-state index >= 15 is 0 Å². The van der Waals surface area contributed by atoms with Crippen molar-refractivity contribution in [2.45, 2.75) is 45.7 Å². The minimum atomic E-state index is -1.06. The SMILES string of the molecule is CCCCC(C)NCc1cc(C(=O)O)no1. The highest BCUT2D eigenvalue weighted by Crippen LogP contribution is 2.05. The lowest BCUT2D eigenvalue weighted by Gasteiger charge is -2.11. The highest BCUT2D eigenvalue weighted by atomic mass is 16.5. The van der Waals surface area contributed by atoms with Gasteiger partial charge < -0.3 is 14.9 Å². The van der Waals surface area contributed by atoms with Crippen molar-refractivity contribution in [1.29, 1.82) is 0 Å². The van der Waals surface area contributed by atoms with Crippen molar-refractivity contribution in [3.63, 3.8) is 0 Å². The van der Waals surface area contributed by atoms with Crippen molar-refractivity contribution >= 4 is 5.97 Å². The van der Waals surface area contributed by atoms with Gasteiger partial charge in [-0.15, -0.1) is 0 Å². The number of carbonyl (C=O) groups is 1. The van der Waals surface area contributed by atoms with Gasteiger partial charge in [0.15, 0.2) is 11.5 Å². The summed E-state index contributed by atoms with van der Waals surface area (Å²) in [7, 11) is 0. The smallest absolute Gasteiger partial charge is 0.358 e. The van der Waals surface area contributed by atoms with Crippen molar-refractivity contribution in [3.05, 3.63) is 17.5 Å². The molecule has 1 aromatic heterocycles. The lowest BCUT2D eigenvalue weighted by atomic mass is 10.1. The molecule has 0 bridgehead atoms. The molecule has 0 aromatic carbocycles. The first-order chi connectivity index (χ1) is 7.63. The Kier molecular flexibility index (Phi) is 4.98. The maximum Gasteiger partial charge on any atom is 0.358 e. The Morgan fingerprint density at radius 3 is 3.00 bits per heavy atom. The van der Waals surface area contributed by atoms with Gasteiger partial charge in [0.25, 0.3) is 0 Å². The van der Waals surface area contributed by atoms with Crippen LogP contribution in [0, 0.1) is 0 Å². The Hall–Kier alpha value is -1.36. The van der Waals surface area contributed by atoms with Crippen LogP contribution < -0.4 is 5.32 Å². The number of carboxylic acid groups (broad SMARTS) is 1. The van der Waals surface area contributed by atoms with Crippen LogP contribution in [0.2, 0.25) is 0 Å². The van der Waals surface area contributed by atoms with Crippen LogP contribution in [-0.4, -0.2) is 22.3 Å². The summed E-state index contributed by atoms with van der Waals surface area (Å²) >= 11 is 0. The van der Waals surface area contributed by atoms with Gasteiger partial charge in [0.05, 0.1) is 6.54 Å². The number of hydrogen-bond acceptors (Lipinski definition) is 4. The number of unbranched alkanes of at least 4 members (excludes halogenated alkanes) is 1. The van der Waals surface area contributed by atoms with Gasteiger partial charge in [0.2, 0.25) is 0 Å².